The van der Waals surface area contributed by atoms with E-state index < -0.39 is 11.7 Å². The Bertz CT molecular complexity index is 834. The molecule has 0 radical (unpaired) electrons. The minimum atomic E-state index is -0.705. The monoisotopic (exact) mass is 371 g/mol. The van der Waals surface area contributed by atoms with E-state index in [1.54, 1.807) is 12.1 Å². The molecular formula is C23H27F2NO. The third-order valence-corrected chi connectivity index (χ3v) is 5.85. The number of primary amides is 1. The fraction of sp³-hybridized carbons (Fsp3) is 0.435. The van der Waals surface area contributed by atoms with Crippen LogP contribution in [-0.2, 0) is 6.42 Å². The maximum absolute atomic E-state index is 14.6. The molecule has 1 fully saturated rings. The van der Waals surface area contributed by atoms with Crippen LogP contribution in [0.5, 0.6) is 0 Å². The van der Waals surface area contributed by atoms with Crippen LogP contribution in [-0.4, -0.2) is 5.91 Å². The van der Waals surface area contributed by atoms with Crippen molar-refractivity contribution in [3.8, 4) is 11.1 Å². The first-order chi connectivity index (χ1) is 12.7. The quantitative estimate of drug-likeness (QED) is 0.701. The molecule has 1 amide bonds. The van der Waals surface area contributed by atoms with E-state index in [4.69, 9.17) is 5.73 Å². The first-order valence-electron chi connectivity index (χ1n) is 9.63. The molecule has 2 nitrogen and oxygen atoms in total. The SMILES string of the molecule is CC1(C)CCC(CCc2ccc(-c3cc(F)cc(C(N)=O)c3)cc2F)CC1. The number of nitrogens with two attached hydrogens (primary N) is 1. The topological polar surface area (TPSA) is 43.1 Å². The molecule has 4 heteroatoms. The summed E-state index contributed by atoms with van der Waals surface area (Å²) in [5.74, 6) is -0.888. The molecule has 0 saturated heterocycles. The smallest absolute Gasteiger partial charge is 0.248 e. The molecule has 2 N–H and O–H groups in total. The Kier molecular flexibility index (Phi) is 5.64. The lowest BCUT2D eigenvalue weighted by atomic mass is 9.72. The van der Waals surface area contributed by atoms with Gasteiger partial charge in [-0.2, -0.15) is 0 Å². The van der Waals surface area contributed by atoms with Crippen molar-refractivity contribution < 1.29 is 13.6 Å². The highest BCUT2D eigenvalue weighted by Crippen LogP contribution is 2.39. The molecule has 2 aromatic carbocycles. The van der Waals surface area contributed by atoms with Crippen LogP contribution >= 0.6 is 0 Å². The second-order valence-corrected chi connectivity index (χ2v) is 8.55. The van der Waals surface area contributed by atoms with Crippen molar-refractivity contribution >= 4 is 5.91 Å². The van der Waals surface area contributed by atoms with Crippen LogP contribution in [0.1, 0.15) is 61.9 Å². The van der Waals surface area contributed by atoms with Gasteiger partial charge in [0.1, 0.15) is 11.6 Å². The molecule has 1 aliphatic rings. The Morgan fingerprint density at radius 3 is 2.41 bits per heavy atom. The summed E-state index contributed by atoms with van der Waals surface area (Å²) in [6.45, 7) is 4.63. The van der Waals surface area contributed by atoms with Gasteiger partial charge < -0.3 is 5.73 Å². The van der Waals surface area contributed by atoms with E-state index in [9.17, 15) is 13.6 Å². The van der Waals surface area contributed by atoms with Crippen molar-refractivity contribution in [2.24, 2.45) is 17.1 Å². The van der Waals surface area contributed by atoms with Crippen molar-refractivity contribution in [1.82, 2.24) is 0 Å². The highest BCUT2D eigenvalue weighted by molar-refractivity contribution is 5.94. The van der Waals surface area contributed by atoms with Crippen LogP contribution in [0.3, 0.4) is 0 Å². The molecule has 27 heavy (non-hydrogen) atoms. The van der Waals surface area contributed by atoms with E-state index in [2.05, 4.69) is 13.8 Å². The highest BCUT2D eigenvalue weighted by Gasteiger charge is 2.26. The second-order valence-electron chi connectivity index (χ2n) is 8.55. The molecule has 144 valence electrons. The van der Waals surface area contributed by atoms with Crippen LogP contribution in [0.4, 0.5) is 8.78 Å². The van der Waals surface area contributed by atoms with Gasteiger partial charge >= 0.3 is 0 Å². The molecule has 0 bridgehead atoms. The van der Waals surface area contributed by atoms with Gasteiger partial charge in [-0.1, -0.05) is 26.0 Å². The average molecular weight is 371 g/mol. The van der Waals surface area contributed by atoms with Crippen LogP contribution in [0.25, 0.3) is 11.1 Å². The van der Waals surface area contributed by atoms with Crippen LogP contribution < -0.4 is 5.73 Å². The molecular weight excluding hydrogens is 344 g/mol. The lowest BCUT2D eigenvalue weighted by Crippen LogP contribution is -2.21. The summed E-state index contributed by atoms with van der Waals surface area (Å²) in [6.07, 6.45) is 6.62. The van der Waals surface area contributed by atoms with E-state index in [0.717, 1.165) is 12.5 Å². The summed E-state index contributed by atoms with van der Waals surface area (Å²) >= 11 is 0. The Hall–Kier alpha value is -2.23. The van der Waals surface area contributed by atoms with Crippen molar-refractivity contribution in [1.29, 1.82) is 0 Å². The molecule has 0 spiro atoms. The number of benzene rings is 2. The first-order valence-corrected chi connectivity index (χ1v) is 9.63. The zero-order valence-corrected chi connectivity index (χ0v) is 16.0. The predicted octanol–water partition coefficient (Wildman–Crippen LogP) is 5.88. The lowest BCUT2D eigenvalue weighted by molar-refractivity contribution is 0.1000. The van der Waals surface area contributed by atoms with E-state index >= 15 is 0 Å². The van der Waals surface area contributed by atoms with Gasteiger partial charge in [0.15, 0.2) is 0 Å². The minimum absolute atomic E-state index is 0.0784. The van der Waals surface area contributed by atoms with E-state index in [0.29, 0.717) is 34.4 Å². The number of halogens is 2. The standard InChI is InChI=1S/C23H27F2NO/c1-23(2)9-7-15(8-10-23)3-4-16-5-6-17(14-21(16)25)18-11-19(22(26)27)13-20(24)12-18/h5-6,11-15H,3-4,7-10H2,1-2H3,(H2,26,27). The van der Waals surface area contributed by atoms with Gasteiger partial charge in [0.05, 0.1) is 0 Å². The molecule has 1 saturated carbocycles. The third kappa shape index (κ3) is 4.94. The number of carbonyl (C=O) groups excluding carboxylic acids is 1. The molecule has 3 rings (SSSR count). The normalized spacial score (nSPS) is 17.0. The lowest BCUT2D eigenvalue weighted by Gasteiger charge is -2.34. The molecule has 0 aromatic heterocycles. The number of aryl methyl sites for hydroxylation is 1. The van der Waals surface area contributed by atoms with E-state index in [1.807, 2.05) is 0 Å². The summed E-state index contributed by atoms with van der Waals surface area (Å²) in [7, 11) is 0. The van der Waals surface area contributed by atoms with Gasteiger partial charge in [-0.05, 0) is 90.8 Å². The van der Waals surface area contributed by atoms with Gasteiger partial charge in [0, 0.05) is 5.56 Å². The van der Waals surface area contributed by atoms with Crippen LogP contribution in [0.2, 0.25) is 0 Å². The first kappa shape index (κ1) is 19.5. The maximum Gasteiger partial charge on any atom is 0.248 e. The summed E-state index contributed by atoms with van der Waals surface area (Å²) in [5.41, 5.74) is 7.43. The largest absolute Gasteiger partial charge is 0.366 e. The summed E-state index contributed by atoms with van der Waals surface area (Å²) in [5, 5.41) is 0. The van der Waals surface area contributed by atoms with Gasteiger partial charge in [0.2, 0.25) is 5.91 Å². The fourth-order valence-corrected chi connectivity index (χ4v) is 3.94. The van der Waals surface area contributed by atoms with Crippen molar-refractivity contribution in [3.63, 3.8) is 0 Å². The van der Waals surface area contributed by atoms with E-state index in [-0.39, 0.29) is 11.4 Å². The van der Waals surface area contributed by atoms with Crippen molar-refractivity contribution in [2.75, 3.05) is 0 Å². The summed E-state index contributed by atoms with van der Waals surface area (Å²) in [6, 6.07) is 8.82. The number of amides is 1. The minimum Gasteiger partial charge on any atom is -0.366 e. The third-order valence-electron chi connectivity index (χ3n) is 5.85. The highest BCUT2D eigenvalue weighted by atomic mass is 19.1. The number of carbonyl (C=O) groups is 1. The number of hydrogen-bond acceptors (Lipinski definition) is 1. The Morgan fingerprint density at radius 1 is 1.07 bits per heavy atom. The molecule has 0 atom stereocenters. The van der Waals surface area contributed by atoms with Crippen molar-refractivity contribution in [3.05, 3.63) is 59.2 Å². The molecule has 0 unspecified atom stereocenters. The van der Waals surface area contributed by atoms with Gasteiger partial charge in [0.25, 0.3) is 0 Å². The molecule has 0 heterocycles. The van der Waals surface area contributed by atoms with Gasteiger partial charge in [-0.3, -0.25) is 4.79 Å². The van der Waals surface area contributed by atoms with Crippen LogP contribution in [0, 0.1) is 23.0 Å². The zero-order valence-electron chi connectivity index (χ0n) is 16.0. The Balaban J connectivity index is 1.70. The Labute approximate surface area is 159 Å². The van der Waals surface area contributed by atoms with E-state index in [1.165, 1.54) is 43.9 Å². The van der Waals surface area contributed by atoms with Gasteiger partial charge in [-0.15, -0.1) is 0 Å². The molecule has 2 aromatic rings. The average Bonchev–Trinajstić information content (AvgIpc) is 2.61. The summed E-state index contributed by atoms with van der Waals surface area (Å²) in [4.78, 5) is 11.3. The van der Waals surface area contributed by atoms with Crippen LogP contribution in [0.15, 0.2) is 36.4 Å². The molecule has 0 aliphatic heterocycles. The second kappa shape index (κ2) is 7.79. The summed E-state index contributed by atoms with van der Waals surface area (Å²) < 4.78 is 28.3. The zero-order chi connectivity index (χ0) is 19.6. The van der Waals surface area contributed by atoms with Crippen molar-refractivity contribution in [2.45, 2.75) is 52.4 Å². The number of rotatable bonds is 5. The molecule has 1 aliphatic carbocycles. The predicted molar refractivity (Wildman–Crippen MR) is 104 cm³/mol. The number of hydrogen-bond donors (Lipinski definition) is 1. The Morgan fingerprint density at radius 2 is 1.78 bits per heavy atom. The fourth-order valence-electron chi connectivity index (χ4n) is 3.94. The maximum atomic E-state index is 14.6. The van der Waals surface area contributed by atoms with Gasteiger partial charge in [-0.25, -0.2) is 8.78 Å².